The highest BCUT2D eigenvalue weighted by atomic mass is 79.9. The molecular weight excluding hydrogens is 458 g/mol. The molecule has 1 unspecified atom stereocenters. The Bertz CT molecular complexity index is 1100. The van der Waals surface area contributed by atoms with Gasteiger partial charge in [-0.15, -0.1) is 0 Å². The molecule has 1 N–H and O–H groups in total. The molecule has 3 rings (SSSR count). The van der Waals surface area contributed by atoms with Crippen molar-refractivity contribution in [2.24, 2.45) is 0 Å². The number of fused-ring (bicyclic) bond motifs is 1. The quantitative estimate of drug-likeness (QED) is 0.490. The van der Waals surface area contributed by atoms with Crippen LogP contribution in [0.4, 0.5) is 0 Å². The van der Waals surface area contributed by atoms with E-state index in [1.807, 2.05) is 30.3 Å². The van der Waals surface area contributed by atoms with Crippen molar-refractivity contribution in [3.63, 3.8) is 0 Å². The highest BCUT2D eigenvalue weighted by Gasteiger charge is 2.31. The first-order valence-corrected chi connectivity index (χ1v) is 10.1. The van der Waals surface area contributed by atoms with E-state index >= 15 is 0 Å². The molecule has 7 heteroatoms. The number of aryl methyl sites for hydroxylation is 1. The molecule has 2 atom stereocenters. The van der Waals surface area contributed by atoms with Gasteiger partial charge in [-0.2, -0.15) is 0 Å². The Morgan fingerprint density at radius 3 is 2.41 bits per heavy atom. The normalized spacial score (nSPS) is 13.3. The third-order valence-corrected chi connectivity index (χ3v) is 5.45. The third kappa shape index (κ3) is 4.50. The summed E-state index contributed by atoms with van der Waals surface area (Å²) in [6.07, 6.45) is -2.22. The predicted molar refractivity (Wildman–Crippen MR) is 116 cm³/mol. The zero-order chi connectivity index (χ0) is 21.3. The first-order valence-electron chi connectivity index (χ1n) is 8.93. The van der Waals surface area contributed by atoms with E-state index < -0.39 is 18.2 Å². The fraction of sp³-hybridized carbons (Fsp3) is 0.227. The van der Waals surface area contributed by atoms with E-state index in [4.69, 9.17) is 16.3 Å². The van der Waals surface area contributed by atoms with Gasteiger partial charge >= 0.3 is 5.97 Å². The summed E-state index contributed by atoms with van der Waals surface area (Å²) in [6.45, 7) is 4.65. The van der Waals surface area contributed by atoms with Crippen LogP contribution in [-0.2, 0) is 14.3 Å². The molecule has 2 aromatic carbocycles. The van der Waals surface area contributed by atoms with E-state index in [0.29, 0.717) is 21.8 Å². The van der Waals surface area contributed by atoms with Crippen molar-refractivity contribution in [2.75, 3.05) is 0 Å². The Morgan fingerprint density at radius 1 is 1.17 bits per heavy atom. The Balaban J connectivity index is 2.36. The van der Waals surface area contributed by atoms with Crippen LogP contribution in [0.1, 0.15) is 31.2 Å². The number of hydrogen-bond acceptors (Lipinski definition) is 4. The van der Waals surface area contributed by atoms with Gasteiger partial charge in [0, 0.05) is 26.1 Å². The van der Waals surface area contributed by atoms with Crippen LogP contribution in [0.3, 0.4) is 0 Å². The number of aromatic nitrogens is 1. The van der Waals surface area contributed by atoms with Gasteiger partial charge in [0.2, 0.25) is 0 Å². The lowest BCUT2D eigenvalue weighted by molar-refractivity contribution is -0.156. The van der Waals surface area contributed by atoms with Gasteiger partial charge in [-0.05, 0) is 62.2 Å². The molecule has 0 aliphatic carbocycles. The van der Waals surface area contributed by atoms with Crippen LogP contribution >= 0.6 is 27.5 Å². The minimum absolute atomic E-state index is 0.251. The second-order valence-corrected chi connectivity index (χ2v) is 8.11. The molecule has 0 aliphatic rings. The smallest absolute Gasteiger partial charge is 0.337 e. The number of benzene rings is 2. The Morgan fingerprint density at radius 2 is 1.83 bits per heavy atom. The Labute approximate surface area is 181 Å². The van der Waals surface area contributed by atoms with Crippen LogP contribution in [0.2, 0.25) is 5.02 Å². The molecule has 5 nitrogen and oxygen atoms in total. The molecule has 150 valence electrons. The first kappa shape index (κ1) is 21.4. The van der Waals surface area contributed by atoms with Crippen molar-refractivity contribution >= 4 is 50.2 Å². The van der Waals surface area contributed by atoms with Crippen LogP contribution < -0.4 is 0 Å². The summed E-state index contributed by atoms with van der Waals surface area (Å²) in [5.41, 5.74) is 3.13. The number of ketones is 1. The van der Waals surface area contributed by atoms with Gasteiger partial charge in [0.05, 0.1) is 5.52 Å². The van der Waals surface area contributed by atoms with Gasteiger partial charge in [-0.1, -0.05) is 39.7 Å². The molecule has 0 radical (unpaired) electrons. The Kier molecular flexibility index (Phi) is 6.36. The fourth-order valence-electron chi connectivity index (χ4n) is 3.17. The summed E-state index contributed by atoms with van der Waals surface area (Å²) in [5.74, 6) is -1.44. The van der Waals surface area contributed by atoms with Gasteiger partial charge in [-0.25, -0.2) is 4.79 Å². The number of carboxylic acid groups (broad SMARTS) is 1. The van der Waals surface area contributed by atoms with Crippen LogP contribution in [0.25, 0.3) is 22.0 Å². The molecule has 0 bridgehead atoms. The lowest BCUT2D eigenvalue weighted by Crippen LogP contribution is -2.26. The maximum atomic E-state index is 12.2. The molecule has 0 amide bonds. The van der Waals surface area contributed by atoms with E-state index in [1.54, 1.807) is 26.0 Å². The van der Waals surface area contributed by atoms with Gasteiger partial charge in [0.15, 0.2) is 11.9 Å². The van der Waals surface area contributed by atoms with Gasteiger partial charge in [-0.3, -0.25) is 9.78 Å². The molecule has 1 aromatic heterocycles. The van der Waals surface area contributed by atoms with E-state index in [0.717, 1.165) is 20.9 Å². The zero-order valence-corrected chi connectivity index (χ0v) is 18.4. The fourth-order valence-corrected chi connectivity index (χ4v) is 3.66. The van der Waals surface area contributed by atoms with Crippen LogP contribution in [0.5, 0.6) is 0 Å². The number of carbonyl (C=O) groups is 2. The van der Waals surface area contributed by atoms with E-state index in [-0.39, 0.29) is 5.78 Å². The minimum Gasteiger partial charge on any atom is -0.479 e. The Hall–Kier alpha value is -2.28. The monoisotopic (exact) mass is 475 g/mol. The maximum Gasteiger partial charge on any atom is 0.337 e. The van der Waals surface area contributed by atoms with E-state index in [9.17, 15) is 14.7 Å². The SMILES string of the molecule is CC(=O)[C@H](C)OC(C(=O)O)c1c(C)nc2ccc(Br)cc2c1-c1ccc(Cl)cc1. The van der Waals surface area contributed by atoms with Crippen LogP contribution in [0, 0.1) is 6.92 Å². The number of rotatable bonds is 6. The number of carbonyl (C=O) groups excluding carboxylic acids is 1. The van der Waals surface area contributed by atoms with Crippen molar-refractivity contribution in [3.05, 3.63) is 63.2 Å². The number of carboxylic acids is 1. The second kappa shape index (κ2) is 8.61. The number of Topliss-reactive ketones (excluding diaryl/α,β-unsaturated/α-hetero) is 1. The number of halogens is 2. The highest BCUT2D eigenvalue weighted by molar-refractivity contribution is 9.10. The van der Waals surface area contributed by atoms with Crippen LogP contribution in [0.15, 0.2) is 46.9 Å². The molecular formula is C22H19BrClNO4. The van der Waals surface area contributed by atoms with Crippen molar-refractivity contribution < 1.29 is 19.4 Å². The molecule has 0 saturated heterocycles. The van der Waals surface area contributed by atoms with Crippen LogP contribution in [-0.4, -0.2) is 27.9 Å². The summed E-state index contributed by atoms with van der Waals surface area (Å²) in [6, 6.07) is 12.8. The number of nitrogens with zero attached hydrogens (tertiary/aromatic N) is 1. The van der Waals surface area contributed by atoms with Gasteiger partial charge in [0.1, 0.15) is 6.10 Å². The minimum atomic E-state index is -1.35. The lowest BCUT2D eigenvalue weighted by atomic mass is 9.91. The van der Waals surface area contributed by atoms with Crippen molar-refractivity contribution in [2.45, 2.75) is 33.0 Å². The molecule has 1 heterocycles. The highest BCUT2D eigenvalue weighted by Crippen LogP contribution is 2.39. The largest absolute Gasteiger partial charge is 0.479 e. The number of hydrogen-bond donors (Lipinski definition) is 1. The van der Waals surface area contributed by atoms with E-state index in [1.165, 1.54) is 6.92 Å². The number of ether oxygens (including phenoxy) is 1. The van der Waals surface area contributed by atoms with Crippen molar-refractivity contribution in [1.29, 1.82) is 0 Å². The average Bonchev–Trinajstić information content (AvgIpc) is 2.66. The zero-order valence-electron chi connectivity index (χ0n) is 16.1. The molecule has 0 fully saturated rings. The average molecular weight is 477 g/mol. The molecule has 0 saturated carbocycles. The standard InChI is InChI=1S/C22H19BrClNO4/c1-11-19(21(22(27)28)29-13(3)12(2)26)20(14-4-7-16(24)8-5-14)17-10-15(23)6-9-18(17)25-11/h4-10,13,21H,1-3H3,(H,27,28)/t13-,21?/m0/s1. The molecule has 0 spiro atoms. The summed E-state index contributed by atoms with van der Waals surface area (Å²) >= 11 is 9.53. The van der Waals surface area contributed by atoms with E-state index in [2.05, 4.69) is 20.9 Å². The number of pyridine rings is 1. The third-order valence-electron chi connectivity index (χ3n) is 4.71. The predicted octanol–water partition coefficient (Wildman–Crippen LogP) is 5.75. The van der Waals surface area contributed by atoms with Crippen molar-refractivity contribution in [3.8, 4) is 11.1 Å². The summed E-state index contributed by atoms with van der Waals surface area (Å²) < 4.78 is 6.51. The maximum absolute atomic E-state index is 12.2. The second-order valence-electron chi connectivity index (χ2n) is 6.76. The molecule has 0 aliphatic heterocycles. The van der Waals surface area contributed by atoms with Gasteiger partial charge < -0.3 is 9.84 Å². The summed E-state index contributed by atoms with van der Waals surface area (Å²) in [5, 5.41) is 11.3. The van der Waals surface area contributed by atoms with Gasteiger partial charge in [0.25, 0.3) is 0 Å². The summed E-state index contributed by atoms with van der Waals surface area (Å²) in [7, 11) is 0. The summed E-state index contributed by atoms with van der Waals surface area (Å²) in [4.78, 5) is 28.5. The topological polar surface area (TPSA) is 76.5 Å². The number of aliphatic carboxylic acids is 1. The first-order chi connectivity index (χ1) is 13.7. The van der Waals surface area contributed by atoms with Crippen molar-refractivity contribution in [1.82, 2.24) is 4.98 Å². The molecule has 29 heavy (non-hydrogen) atoms. The molecule has 3 aromatic rings. The lowest BCUT2D eigenvalue weighted by Gasteiger charge is -2.23.